The number of aromatic nitrogens is 1. The van der Waals surface area contributed by atoms with Crippen molar-refractivity contribution in [3.63, 3.8) is 0 Å². The molecule has 0 saturated heterocycles. The molecule has 0 fully saturated rings. The Hall–Kier alpha value is -3.03. The molecule has 8 nitrogen and oxygen atoms in total. The lowest BCUT2D eigenvalue weighted by atomic mass is 10.2. The lowest BCUT2D eigenvalue weighted by molar-refractivity contribution is -0.384. The average Bonchev–Trinajstić information content (AvgIpc) is 2.77. The summed E-state index contributed by atoms with van der Waals surface area (Å²) in [5.74, 6) is -1.16. The molecule has 0 saturated carbocycles. The Morgan fingerprint density at radius 3 is 2.24 bits per heavy atom. The van der Waals surface area contributed by atoms with Crippen molar-refractivity contribution in [2.45, 2.75) is 13.2 Å². The van der Waals surface area contributed by atoms with Crippen LogP contribution in [-0.2, 0) is 22.7 Å². The van der Waals surface area contributed by atoms with Crippen molar-refractivity contribution >= 4 is 11.7 Å². The molecule has 2 aromatic rings. The fourth-order valence-corrected chi connectivity index (χ4v) is 1.66. The van der Waals surface area contributed by atoms with Gasteiger partial charge < -0.3 is 14.9 Å². The molecule has 0 bridgehead atoms. The minimum absolute atomic E-state index is 0.0488. The summed E-state index contributed by atoms with van der Waals surface area (Å²) in [6.07, 6.45) is 0. The highest BCUT2D eigenvalue weighted by Gasteiger charge is 2.12. The summed E-state index contributed by atoms with van der Waals surface area (Å²) in [6, 6.07) is 8.09. The van der Waals surface area contributed by atoms with Gasteiger partial charge in [-0.2, -0.15) is 0 Å². The normalized spacial score (nSPS) is 10.3. The minimum atomic E-state index is -0.657. The van der Waals surface area contributed by atoms with E-state index in [-0.39, 0.29) is 30.6 Å². The maximum Gasteiger partial charge on any atom is 0.326 e. The molecule has 0 unspecified atom stereocenters. The van der Waals surface area contributed by atoms with Gasteiger partial charge in [0, 0.05) is 24.3 Å². The molecular weight excluding hydrogens is 280 g/mol. The number of carbonyl (C=O) groups is 1. The van der Waals surface area contributed by atoms with Gasteiger partial charge in [0.1, 0.15) is 13.2 Å². The zero-order valence-electron chi connectivity index (χ0n) is 10.8. The lowest BCUT2D eigenvalue weighted by Crippen LogP contribution is -2.12. The van der Waals surface area contributed by atoms with Crippen molar-refractivity contribution < 1.29 is 24.7 Å². The summed E-state index contributed by atoms with van der Waals surface area (Å²) < 4.78 is 5.94. The second-order valence-corrected chi connectivity index (χ2v) is 4.22. The highest BCUT2D eigenvalue weighted by Crippen LogP contribution is 2.20. The first-order valence-corrected chi connectivity index (χ1v) is 5.94. The van der Waals surface area contributed by atoms with Crippen LogP contribution < -0.4 is 0 Å². The average molecular weight is 292 g/mol. The first-order chi connectivity index (χ1) is 9.97. The predicted octanol–water partition coefficient (Wildman–Crippen LogP) is 1.55. The fourth-order valence-electron chi connectivity index (χ4n) is 1.66. The first kappa shape index (κ1) is 14.4. The number of esters is 1. The van der Waals surface area contributed by atoms with Crippen molar-refractivity contribution in [2.24, 2.45) is 0 Å². The van der Waals surface area contributed by atoms with Crippen molar-refractivity contribution in [3.05, 3.63) is 52.1 Å². The molecule has 21 heavy (non-hydrogen) atoms. The van der Waals surface area contributed by atoms with Crippen LogP contribution in [-0.4, -0.2) is 25.7 Å². The third-order valence-electron chi connectivity index (χ3n) is 2.77. The summed E-state index contributed by atoms with van der Waals surface area (Å²) in [5.41, 5.74) is 0.544. The molecule has 0 radical (unpaired) electrons. The van der Waals surface area contributed by atoms with Crippen LogP contribution in [0.2, 0.25) is 0 Å². The molecule has 2 rings (SSSR count). The van der Waals surface area contributed by atoms with Crippen LogP contribution in [0.15, 0.2) is 36.4 Å². The Labute approximate surface area is 119 Å². The van der Waals surface area contributed by atoms with Gasteiger partial charge in [0.15, 0.2) is 11.8 Å². The summed E-state index contributed by atoms with van der Waals surface area (Å²) in [5, 5.41) is 29.2. The Bertz CT molecular complexity index is 642. The van der Waals surface area contributed by atoms with Crippen LogP contribution in [0.25, 0.3) is 0 Å². The number of hydrogen-bond acceptors (Lipinski definition) is 6. The zero-order chi connectivity index (χ0) is 15.4. The highest BCUT2D eigenvalue weighted by atomic mass is 16.6. The summed E-state index contributed by atoms with van der Waals surface area (Å²) in [4.78, 5) is 21.6. The smallest absolute Gasteiger partial charge is 0.326 e. The van der Waals surface area contributed by atoms with Crippen LogP contribution in [0.5, 0.6) is 11.8 Å². The van der Waals surface area contributed by atoms with Gasteiger partial charge >= 0.3 is 5.97 Å². The van der Waals surface area contributed by atoms with E-state index >= 15 is 0 Å². The molecule has 0 amide bonds. The second kappa shape index (κ2) is 5.95. The third kappa shape index (κ3) is 3.50. The maximum absolute atomic E-state index is 11.6. The maximum atomic E-state index is 11.6. The van der Waals surface area contributed by atoms with Crippen LogP contribution in [0, 0.1) is 10.1 Å². The molecule has 1 heterocycles. The summed E-state index contributed by atoms with van der Waals surface area (Å²) in [7, 11) is 0. The SMILES string of the molecule is O=C(Cn1c(O)ccc1O)OCc1ccc([N+](=O)[O-])cc1. The van der Waals surface area contributed by atoms with Gasteiger partial charge in [-0.05, 0) is 17.7 Å². The van der Waals surface area contributed by atoms with E-state index in [1.165, 1.54) is 36.4 Å². The van der Waals surface area contributed by atoms with Crippen LogP contribution in [0.1, 0.15) is 5.56 Å². The van der Waals surface area contributed by atoms with Crippen molar-refractivity contribution in [3.8, 4) is 11.8 Å². The van der Waals surface area contributed by atoms with Crippen molar-refractivity contribution in [1.29, 1.82) is 0 Å². The molecule has 0 aliphatic carbocycles. The van der Waals surface area contributed by atoms with Gasteiger partial charge in [0.05, 0.1) is 4.92 Å². The molecule has 8 heteroatoms. The molecule has 0 atom stereocenters. The number of benzene rings is 1. The van der Waals surface area contributed by atoms with E-state index in [4.69, 9.17) is 4.74 Å². The van der Waals surface area contributed by atoms with Gasteiger partial charge in [-0.1, -0.05) is 0 Å². The molecule has 110 valence electrons. The summed E-state index contributed by atoms with van der Waals surface area (Å²) >= 11 is 0. The molecular formula is C13H12N2O6. The molecule has 0 spiro atoms. The van der Waals surface area contributed by atoms with E-state index in [0.717, 1.165) is 4.57 Å². The standard InChI is InChI=1S/C13H12N2O6/c16-11-5-6-12(17)14(11)7-13(18)21-8-9-1-3-10(4-2-9)15(19)20/h1-6,16-17H,7-8H2. The van der Waals surface area contributed by atoms with Crippen LogP contribution >= 0.6 is 0 Å². The topological polar surface area (TPSA) is 115 Å². The quantitative estimate of drug-likeness (QED) is 0.491. The second-order valence-electron chi connectivity index (χ2n) is 4.22. The number of hydrogen-bond donors (Lipinski definition) is 2. The number of rotatable bonds is 5. The van der Waals surface area contributed by atoms with Gasteiger partial charge in [0.2, 0.25) is 0 Å². The van der Waals surface area contributed by atoms with E-state index < -0.39 is 10.9 Å². The number of nitro benzene ring substituents is 1. The van der Waals surface area contributed by atoms with E-state index in [9.17, 15) is 25.1 Å². The minimum Gasteiger partial charge on any atom is -0.494 e. The van der Waals surface area contributed by atoms with E-state index in [2.05, 4.69) is 0 Å². The Morgan fingerprint density at radius 2 is 1.71 bits per heavy atom. The molecule has 2 N–H and O–H groups in total. The molecule has 1 aromatic carbocycles. The number of nitro groups is 1. The lowest BCUT2D eigenvalue weighted by Gasteiger charge is -2.07. The largest absolute Gasteiger partial charge is 0.494 e. The molecule has 1 aromatic heterocycles. The Balaban J connectivity index is 1.91. The third-order valence-corrected chi connectivity index (χ3v) is 2.77. The van der Waals surface area contributed by atoms with Crippen LogP contribution in [0.3, 0.4) is 0 Å². The summed E-state index contributed by atoms with van der Waals surface area (Å²) in [6.45, 7) is -0.392. The van der Waals surface area contributed by atoms with E-state index in [1.54, 1.807) is 0 Å². The molecule has 0 aliphatic rings. The number of carbonyl (C=O) groups excluding carboxylic acids is 1. The zero-order valence-corrected chi connectivity index (χ0v) is 10.8. The monoisotopic (exact) mass is 292 g/mol. The fraction of sp³-hybridized carbons (Fsp3) is 0.154. The Kier molecular flexibility index (Phi) is 4.07. The van der Waals surface area contributed by atoms with Crippen molar-refractivity contribution in [1.82, 2.24) is 4.57 Å². The van der Waals surface area contributed by atoms with Crippen molar-refractivity contribution in [2.75, 3.05) is 0 Å². The van der Waals surface area contributed by atoms with Gasteiger partial charge in [-0.15, -0.1) is 0 Å². The van der Waals surface area contributed by atoms with Crippen LogP contribution in [0.4, 0.5) is 5.69 Å². The molecule has 0 aliphatic heterocycles. The number of non-ortho nitro benzene ring substituents is 1. The predicted molar refractivity (Wildman–Crippen MR) is 70.7 cm³/mol. The van der Waals surface area contributed by atoms with E-state index in [1.807, 2.05) is 0 Å². The Morgan fingerprint density at radius 1 is 1.14 bits per heavy atom. The number of aromatic hydroxyl groups is 2. The van der Waals surface area contributed by atoms with Gasteiger partial charge in [-0.25, -0.2) is 0 Å². The first-order valence-electron chi connectivity index (χ1n) is 5.94. The van der Waals surface area contributed by atoms with E-state index in [0.29, 0.717) is 5.56 Å². The van der Waals surface area contributed by atoms with Gasteiger partial charge in [0.25, 0.3) is 5.69 Å². The highest BCUT2D eigenvalue weighted by molar-refractivity contribution is 5.69. The number of ether oxygens (including phenoxy) is 1. The number of nitrogens with zero attached hydrogens (tertiary/aromatic N) is 2. The van der Waals surface area contributed by atoms with Gasteiger partial charge in [-0.3, -0.25) is 19.5 Å².